The van der Waals surface area contributed by atoms with E-state index in [1.165, 1.54) is 6.07 Å². The lowest BCUT2D eigenvalue weighted by Crippen LogP contribution is -2.16. The highest BCUT2D eigenvalue weighted by atomic mass is 35.5. The molecular formula is C13H13ClN2O6. The summed E-state index contributed by atoms with van der Waals surface area (Å²) in [6.07, 6.45) is 0.837. The van der Waals surface area contributed by atoms with Gasteiger partial charge in [0.1, 0.15) is 11.4 Å². The van der Waals surface area contributed by atoms with Gasteiger partial charge in [-0.25, -0.2) is 9.59 Å². The average Bonchev–Trinajstić information content (AvgIpc) is 2.47. The molecule has 1 N–H and O–H groups in total. The van der Waals surface area contributed by atoms with Crippen LogP contribution in [0.1, 0.15) is 5.56 Å². The molecule has 0 aliphatic heterocycles. The van der Waals surface area contributed by atoms with Gasteiger partial charge in [0.05, 0.1) is 25.2 Å². The summed E-state index contributed by atoms with van der Waals surface area (Å²) in [5.41, 5.74) is -0.207. The van der Waals surface area contributed by atoms with Gasteiger partial charge in [-0.2, -0.15) is 0 Å². The number of methoxy groups -OCH3 is 2. The maximum atomic E-state index is 11.7. The molecule has 0 aliphatic carbocycles. The van der Waals surface area contributed by atoms with Crippen LogP contribution < -0.4 is 5.32 Å². The van der Waals surface area contributed by atoms with Crippen molar-refractivity contribution >= 4 is 34.9 Å². The molecule has 0 bridgehead atoms. The highest BCUT2D eigenvalue weighted by Gasteiger charge is 2.21. The molecule has 0 fully saturated rings. The van der Waals surface area contributed by atoms with Gasteiger partial charge in [-0.1, -0.05) is 11.6 Å². The lowest BCUT2D eigenvalue weighted by molar-refractivity contribution is -0.383. The molecule has 0 unspecified atom stereocenters. The molecule has 0 amide bonds. The minimum atomic E-state index is -0.881. The SMILES string of the molecule is COC(=O)/C=C(/Nc1c(C)cc(Cl)cc1[N+](=O)[O-])C(=O)OC. The molecule has 0 saturated carbocycles. The first-order chi connectivity index (χ1) is 10.3. The van der Waals surface area contributed by atoms with Crippen molar-refractivity contribution in [3.63, 3.8) is 0 Å². The summed E-state index contributed by atoms with van der Waals surface area (Å²) in [5.74, 6) is -1.70. The molecule has 9 heteroatoms. The summed E-state index contributed by atoms with van der Waals surface area (Å²) >= 11 is 5.79. The number of halogens is 1. The van der Waals surface area contributed by atoms with Crippen molar-refractivity contribution in [3.8, 4) is 0 Å². The number of carbonyl (C=O) groups excluding carboxylic acids is 2. The monoisotopic (exact) mass is 328 g/mol. The summed E-state index contributed by atoms with van der Waals surface area (Å²) in [4.78, 5) is 33.4. The van der Waals surface area contributed by atoms with E-state index in [0.29, 0.717) is 5.56 Å². The molecular weight excluding hydrogens is 316 g/mol. The Balaban J connectivity index is 3.35. The number of nitrogens with zero attached hydrogens (tertiary/aromatic N) is 1. The highest BCUT2D eigenvalue weighted by Crippen LogP contribution is 2.32. The number of ether oxygens (including phenoxy) is 2. The van der Waals surface area contributed by atoms with Crippen LogP contribution in [0.15, 0.2) is 23.9 Å². The van der Waals surface area contributed by atoms with E-state index in [0.717, 1.165) is 26.4 Å². The van der Waals surface area contributed by atoms with E-state index in [1.54, 1.807) is 6.92 Å². The Kier molecular flexibility index (Phi) is 5.88. The van der Waals surface area contributed by atoms with Crippen LogP contribution in [0.3, 0.4) is 0 Å². The highest BCUT2D eigenvalue weighted by molar-refractivity contribution is 6.31. The molecule has 0 aromatic heterocycles. The third-order valence-electron chi connectivity index (χ3n) is 2.60. The molecule has 0 saturated heterocycles. The van der Waals surface area contributed by atoms with Gasteiger partial charge in [-0.15, -0.1) is 0 Å². The molecule has 1 rings (SSSR count). The fourth-order valence-electron chi connectivity index (χ4n) is 1.60. The maximum absolute atomic E-state index is 11.7. The van der Waals surface area contributed by atoms with Crippen molar-refractivity contribution in [2.45, 2.75) is 6.92 Å². The van der Waals surface area contributed by atoms with Crippen LogP contribution in [-0.2, 0) is 19.1 Å². The fraction of sp³-hybridized carbons (Fsp3) is 0.231. The van der Waals surface area contributed by atoms with Crippen LogP contribution in [0.5, 0.6) is 0 Å². The molecule has 1 aromatic carbocycles. The number of nitro benzene ring substituents is 1. The summed E-state index contributed by atoms with van der Waals surface area (Å²) in [5, 5.41) is 13.8. The summed E-state index contributed by atoms with van der Waals surface area (Å²) in [6, 6.07) is 2.61. The zero-order chi connectivity index (χ0) is 16.9. The number of rotatable bonds is 5. The molecule has 22 heavy (non-hydrogen) atoms. The number of esters is 2. The standard InChI is InChI=1S/C13H13ClN2O6/c1-7-4-8(14)5-10(16(19)20)12(7)15-9(13(18)22-3)6-11(17)21-2/h4-6,15H,1-3H3/b9-6+. The van der Waals surface area contributed by atoms with Gasteiger partial charge >= 0.3 is 11.9 Å². The van der Waals surface area contributed by atoms with Crippen LogP contribution in [-0.4, -0.2) is 31.1 Å². The first-order valence-electron chi connectivity index (χ1n) is 5.89. The van der Waals surface area contributed by atoms with Crippen molar-refractivity contribution in [3.05, 3.63) is 44.6 Å². The predicted molar refractivity (Wildman–Crippen MR) is 78.6 cm³/mol. The lowest BCUT2D eigenvalue weighted by atomic mass is 10.1. The number of nitro groups is 1. The fourth-order valence-corrected chi connectivity index (χ4v) is 1.87. The van der Waals surface area contributed by atoms with E-state index in [-0.39, 0.29) is 22.1 Å². The van der Waals surface area contributed by atoms with Crippen LogP contribution in [0.25, 0.3) is 0 Å². The van der Waals surface area contributed by atoms with Gasteiger partial charge in [0.15, 0.2) is 0 Å². The quantitative estimate of drug-likeness (QED) is 0.382. The van der Waals surface area contributed by atoms with Crippen molar-refractivity contribution in [2.75, 3.05) is 19.5 Å². The minimum Gasteiger partial charge on any atom is -0.466 e. The smallest absolute Gasteiger partial charge is 0.354 e. The summed E-state index contributed by atoms with van der Waals surface area (Å²) < 4.78 is 8.94. The largest absolute Gasteiger partial charge is 0.466 e. The molecule has 0 spiro atoms. The maximum Gasteiger partial charge on any atom is 0.354 e. The molecule has 0 radical (unpaired) electrons. The number of aryl methyl sites for hydroxylation is 1. The Morgan fingerprint density at radius 3 is 2.45 bits per heavy atom. The van der Waals surface area contributed by atoms with E-state index in [1.807, 2.05) is 0 Å². The Labute approximate surface area is 130 Å². The Morgan fingerprint density at radius 1 is 1.32 bits per heavy atom. The van der Waals surface area contributed by atoms with Gasteiger partial charge in [0.25, 0.3) is 5.69 Å². The van der Waals surface area contributed by atoms with Crippen molar-refractivity contribution < 1.29 is 24.0 Å². The van der Waals surface area contributed by atoms with Crippen LogP contribution in [0.2, 0.25) is 5.02 Å². The topological polar surface area (TPSA) is 108 Å². The Morgan fingerprint density at radius 2 is 1.95 bits per heavy atom. The van der Waals surface area contributed by atoms with Crippen LogP contribution in [0, 0.1) is 17.0 Å². The summed E-state index contributed by atoms with van der Waals surface area (Å²) in [6.45, 7) is 1.56. The van der Waals surface area contributed by atoms with E-state index < -0.39 is 16.9 Å². The third kappa shape index (κ3) is 4.19. The molecule has 0 aliphatic rings. The Hall–Kier alpha value is -2.61. The number of benzene rings is 1. The number of nitrogens with one attached hydrogen (secondary N) is 1. The molecule has 1 aromatic rings. The molecule has 0 heterocycles. The second-order valence-electron chi connectivity index (χ2n) is 4.07. The molecule has 118 valence electrons. The zero-order valence-corrected chi connectivity index (χ0v) is 12.8. The number of hydrogen-bond acceptors (Lipinski definition) is 7. The lowest BCUT2D eigenvalue weighted by Gasteiger charge is -2.12. The van der Waals surface area contributed by atoms with Crippen molar-refractivity contribution in [2.24, 2.45) is 0 Å². The van der Waals surface area contributed by atoms with Crippen LogP contribution >= 0.6 is 11.6 Å². The van der Waals surface area contributed by atoms with Gasteiger partial charge in [-0.3, -0.25) is 10.1 Å². The minimum absolute atomic E-state index is 0.0231. The van der Waals surface area contributed by atoms with Crippen LogP contribution in [0.4, 0.5) is 11.4 Å². The van der Waals surface area contributed by atoms with Crippen molar-refractivity contribution in [1.29, 1.82) is 0 Å². The van der Waals surface area contributed by atoms with E-state index in [2.05, 4.69) is 14.8 Å². The second kappa shape index (κ2) is 7.41. The molecule has 0 atom stereocenters. The van der Waals surface area contributed by atoms with Gasteiger partial charge < -0.3 is 14.8 Å². The number of hydrogen-bond donors (Lipinski definition) is 1. The Bertz CT molecular complexity index is 656. The normalized spacial score (nSPS) is 10.8. The predicted octanol–water partition coefficient (Wildman–Crippen LogP) is 2.20. The first kappa shape index (κ1) is 17.4. The van der Waals surface area contributed by atoms with Crippen molar-refractivity contribution in [1.82, 2.24) is 0 Å². The second-order valence-corrected chi connectivity index (χ2v) is 4.51. The van der Waals surface area contributed by atoms with Gasteiger partial charge in [0, 0.05) is 11.1 Å². The first-order valence-corrected chi connectivity index (χ1v) is 6.27. The van der Waals surface area contributed by atoms with E-state index in [4.69, 9.17) is 11.6 Å². The van der Waals surface area contributed by atoms with E-state index in [9.17, 15) is 19.7 Å². The van der Waals surface area contributed by atoms with Gasteiger partial charge in [0.2, 0.25) is 0 Å². The van der Waals surface area contributed by atoms with Gasteiger partial charge in [-0.05, 0) is 18.6 Å². The third-order valence-corrected chi connectivity index (χ3v) is 2.82. The summed E-state index contributed by atoms with van der Waals surface area (Å²) in [7, 11) is 2.24. The van der Waals surface area contributed by atoms with E-state index >= 15 is 0 Å². The number of carbonyl (C=O) groups is 2. The number of anilines is 1. The average molecular weight is 329 g/mol. The molecule has 8 nitrogen and oxygen atoms in total. The zero-order valence-electron chi connectivity index (χ0n) is 12.0.